The standard InChI is InChI=1S/C15H17N3O3.ClH/c16-12(9-19)7-10-1-4-13(5-2-10)21-14-6-3-11(8-18-14)15(17)20;/h1-6,8,12,19H,7,9,16H2,(H2,17,20);1H/t12-;/m0./s1. The van der Waals surface area contributed by atoms with Crippen LogP contribution in [0.5, 0.6) is 11.6 Å². The molecule has 0 aliphatic rings. The molecular weight excluding hydrogens is 306 g/mol. The van der Waals surface area contributed by atoms with E-state index in [1.54, 1.807) is 24.3 Å². The molecule has 0 radical (unpaired) electrons. The first-order valence-electron chi connectivity index (χ1n) is 6.47. The van der Waals surface area contributed by atoms with E-state index in [2.05, 4.69) is 4.98 Å². The van der Waals surface area contributed by atoms with Crippen LogP contribution in [0.15, 0.2) is 42.6 Å². The highest BCUT2D eigenvalue weighted by Crippen LogP contribution is 2.20. The maximum Gasteiger partial charge on any atom is 0.250 e. The van der Waals surface area contributed by atoms with Crippen molar-refractivity contribution in [2.45, 2.75) is 12.5 Å². The van der Waals surface area contributed by atoms with Crippen molar-refractivity contribution >= 4 is 18.3 Å². The molecule has 0 saturated heterocycles. The molecule has 1 aromatic carbocycles. The van der Waals surface area contributed by atoms with Gasteiger partial charge in [0.2, 0.25) is 11.8 Å². The Hall–Kier alpha value is -2.15. The van der Waals surface area contributed by atoms with Crippen LogP contribution >= 0.6 is 12.4 Å². The van der Waals surface area contributed by atoms with E-state index in [0.29, 0.717) is 23.6 Å². The van der Waals surface area contributed by atoms with Gasteiger partial charge in [0.1, 0.15) is 5.75 Å². The second-order valence-corrected chi connectivity index (χ2v) is 4.64. The van der Waals surface area contributed by atoms with E-state index in [1.807, 2.05) is 12.1 Å². The molecule has 1 atom stereocenters. The van der Waals surface area contributed by atoms with E-state index in [9.17, 15) is 4.79 Å². The van der Waals surface area contributed by atoms with Crippen molar-refractivity contribution in [3.63, 3.8) is 0 Å². The van der Waals surface area contributed by atoms with Crippen LogP contribution in [0.25, 0.3) is 0 Å². The Morgan fingerprint density at radius 3 is 2.41 bits per heavy atom. The molecule has 22 heavy (non-hydrogen) atoms. The van der Waals surface area contributed by atoms with E-state index < -0.39 is 5.91 Å². The maximum atomic E-state index is 10.9. The smallest absolute Gasteiger partial charge is 0.250 e. The lowest BCUT2D eigenvalue weighted by Gasteiger charge is -2.09. The summed E-state index contributed by atoms with van der Waals surface area (Å²) in [5.41, 5.74) is 12.2. The Kier molecular flexibility index (Phi) is 6.78. The first-order valence-corrected chi connectivity index (χ1v) is 6.47. The number of ether oxygens (including phenoxy) is 1. The first kappa shape index (κ1) is 17.9. The van der Waals surface area contributed by atoms with E-state index in [1.165, 1.54) is 6.20 Å². The van der Waals surface area contributed by atoms with Gasteiger partial charge in [-0.3, -0.25) is 4.79 Å². The molecule has 1 aromatic heterocycles. The van der Waals surface area contributed by atoms with Crippen LogP contribution in [0, 0.1) is 0 Å². The molecule has 2 aromatic rings. The Bertz CT molecular complexity index is 602. The van der Waals surface area contributed by atoms with E-state index >= 15 is 0 Å². The zero-order chi connectivity index (χ0) is 15.2. The summed E-state index contributed by atoms with van der Waals surface area (Å²) >= 11 is 0. The zero-order valence-corrected chi connectivity index (χ0v) is 12.6. The van der Waals surface area contributed by atoms with Crippen LogP contribution in [0.2, 0.25) is 0 Å². The van der Waals surface area contributed by atoms with Gasteiger partial charge in [0.15, 0.2) is 0 Å². The van der Waals surface area contributed by atoms with Gasteiger partial charge in [0, 0.05) is 18.3 Å². The minimum Gasteiger partial charge on any atom is -0.439 e. The molecule has 5 N–H and O–H groups in total. The summed E-state index contributed by atoms with van der Waals surface area (Å²) in [5, 5.41) is 8.92. The summed E-state index contributed by atoms with van der Waals surface area (Å²) in [7, 11) is 0. The molecular formula is C15H18ClN3O3. The minimum absolute atomic E-state index is 0. The van der Waals surface area contributed by atoms with Crippen molar-refractivity contribution in [3.8, 4) is 11.6 Å². The van der Waals surface area contributed by atoms with Crippen LogP contribution in [0.3, 0.4) is 0 Å². The predicted molar refractivity (Wildman–Crippen MR) is 85.3 cm³/mol. The van der Waals surface area contributed by atoms with Gasteiger partial charge in [-0.1, -0.05) is 12.1 Å². The third kappa shape index (κ3) is 5.00. The number of hydrogen-bond donors (Lipinski definition) is 3. The minimum atomic E-state index is -0.529. The Morgan fingerprint density at radius 2 is 1.91 bits per heavy atom. The molecule has 1 heterocycles. The normalized spacial score (nSPS) is 11.4. The van der Waals surface area contributed by atoms with Crippen molar-refractivity contribution in [2.24, 2.45) is 11.5 Å². The second kappa shape index (κ2) is 8.33. The molecule has 118 valence electrons. The molecule has 2 rings (SSSR count). The van der Waals surface area contributed by atoms with E-state index in [-0.39, 0.29) is 25.1 Å². The number of carbonyl (C=O) groups is 1. The van der Waals surface area contributed by atoms with Gasteiger partial charge in [-0.25, -0.2) is 4.98 Å². The second-order valence-electron chi connectivity index (χ2n) is 4.64. The molecule has 0 unspecified atom stereocenters. The monoisotopic (exact) mass is 323 g/mol. The van der Waals surface area contributed by atoms with E-state index in [0.717, 1.165) is 5.56 Å². The number of primary amides is 1. The Balaban J connectivity index is 0.00000242. The number of amides is 1. The number of halogens is 1. The average molecular weight is 324 g/mol. The lowest BCUT2D eigenvalue weighted by molar-refractivity contribution is 0.1000. The first-order chi connectivity index (χ1) is 10.1. The number of pyridine rings is 1. The highest BCUT2D eigenvalue weighted by molar-refractivity contribution is 5.92. The summed E-state index contributed by atoms with van der Waals surface area (Å²) in [6.07, 6.45) is 1.97. The molecule has 0 fully saturated rings. The summed E-state index contributed by atoms with van der Waals surface area (Å²) < 4.78 is 5.56. The number of hydrogen-bond acceptors (Lipinski definition) is 5. The third-order valence-corrected chi connectivity index (χ3v) is 2.90. The lowest BCUT2D eigenvalue weighted by atomic mass is 10.1. The predicted octanol–water partition coefficient (Wildman–Crippen LogP) is 1.26. The Labute approximate surface area is 134 Å². The summed E-state index contributed by atoms with van der Waals surface area (Å²) in [4.78, 5) is 14.9. The highest BCUT2D eigenvalue weighted by atomic mass is 35.5. The van der Waals surface area contributed by atoms with Crippen LogP contribution in [0.4, 0.5) is 0 Å². The van der Waals surface area contributed by atoms with Crippen molar-refractivity contribution < 1.29 is 14.6 Å². The number of aromatic nitrogens is 1. The van der Waals surface area contributed by atoms with Gasteiger partial charge in [-0.2, -0.15) is 0 Å². The molecule has 0 aliphatic heterocycles. The van der Waals surface area contributed by atoms with Gasteiger partial charge in [-0.15, -0.1) is 12.4 Å². The number of rotatable bonds is 6. The van der Waals surface area contributed by atoms with E-state index in [4.69, 9.17) is 21.3 Å². The summed E-state index contributed by atoms with van der Waals surface area (Å²) in [6.45, 7) is -0.0472. The quantitative estimate of drug-likeness (QED) is 0.741. The number of aliphatic hydroxyl groups is 1. The maximum absolute atomic E-state index is 10.9. The fraction of sp³-hybridized carbons (Fsp3) is 0.200. The molecule has 6 nitrogen and oxygen atoms in total. The lowest BCUT2D eigenvalue weighted by Crippen LogP contribution is -2.26. The van der Waals surface area contributed by atoms with Crippen molar-refractivity contribution in [1.82, 2.24) is 4.98 Å². The third-order valence-electron chi connectivity index (χ3n) is 2.90. The van der Waals surface area contributed by atoms with Crippen molar-refractivity contribution in [1.29, 1.82) is 0 Å². The fourth-order valence-corrected chi connectivity index (χ4v) is 1.77. The zero-order valence-electron chi connectivity index (χ0n) is 11.8. The molecule has 0 spiro atoms. The summed E-state index contributed by atoms with van der Waals surface area (Å²) in [6, 6.07) is 10.2. The van der Waals surface area contributed by atoms with Crippen LogP contribution in [-0.2, 0) is 6.42 Å². The van der Waals surface area contributed by atoms with Crippen molar-refractivity contribution in [2.75, 3.05) is 6.61 Å². The summed E-state index contributed by atoms with van der Waals surface area (Å²) in [5.74, 6) is 0.467. The van der Waals surface area contributed by atoms with Gasteiger partial charge in [0.25, 0.3) is 0 Å². The molecule has 1 amide bonds. The Morgan fingerprint density at radius 1 is 1.23 bits per heavy atom. The number of aliphatic hydroxyl groups excluding tert-OH is 1. The average Bonchev–Trinajstić information content (AvgIpc) is 2.49. The van der Waals surface area contributed by atoms with Crippen molar-refractivity contribution in [3.05, 3.63) is 53.7 Å². The van der Waals surface area contributed by atoms with Gasteiger partial charge in [-0.05, 0) is 30.2 Å². The molecule has 0 aliphatic carbocycles. The number of nitrogens with two attached hydrogens (primary N) is 2. The van der Waals surface area contributed by atoms with Crippen LogP contribution in [-0.4, -0.2) is 28.6 Å². The number of benzene rings is 1. The fourth-order valence-electron chi connectivity index (χ4n) is 1.77. The van der Waals surface area contributed by atoms with Crippen LogP contribution in [0.1, 0.15) is 15.9 Å². The molecule has 7 heteroatoms. The number of nitrogens with zero attached hydrogens (tertiary/aromatic N) is 1. The largest absolute Gasteiger partial charge is 0.439 e. The number of carbonyl (C=O) groups excluding carboxylic acids is 1. The molecule has 0 bridgehead atoms. The van der Waals surface area contributed by atoms with Crippen LogP contribution < -0.4 is 16.2 Å². The topological polar surface area (TPSA) is 111 Å². The SMILES string of the molecule is Cl.NC(=O)c1ccc(Oc2ccc(C[C@H](N)CO)cc2)nc1. The van der Waals surface area contributed by atoms with Gasteiger partial charge in [0.05, 0.1) is 12.2 Å². The highest BCUT2D eigenvalue weighted by Gasteiger charge is 2.05. The van der Waals surface area contributed by atoms with Gasteiger partial charge >= 0.3 is 0 Å². The van der Waals surface area contributed by atoms with Gasteiger partial charge < -0.3 is 21.3 Å². The molecule has 0 saturated carbocycles.